The molecule has 3 nitrogen and oxygen atoms in total. The van der Waals surface area contributed by atoms with E-state index in [1.54, 1.807) is 0 Å². The number of ether oxygens (including phenoxy) is 1. The molecule has 1 aromatic rings. The summed E-state index contributed by atoms with van der Waals surface area (Å²) >= 11 is 11.3. The second-order valence-corrected chi connectivity index (χ2v) is 5.63. The molecule has 1 aliphatic carbocycles. The number of halogens is 4. The number of esters is 1. The molecule has 0 amide bonds. The lowest BCUT2D eigenvalue weighted by Crippen LogP contribution is -2.25. The lowest BCUT2D eigenvalue weighted by Gasteiger charge is -2.23. The average Bonchev–Trinajstić information content (AvgIpc) is 2.86. The third-order valence-electron chi connectivity index (χ3n) is 3.63. The van der Waals surface area contributed by atoms with Gasteiger partial charge in [-0.25, -0.2) is 13.8 Å². The van der Waals surface area contributed by atoms with Crippen LogP contribution in [0.4, 0.5) is 8.78 Å². The Bertz CT molecular complexity index is 505. The fourth-order valence-electron chi connectivity index (χ4n) is 2.58. The average molecular weight is 324 g/mol. The number of aromatic nitrogens is 1. The van der Waals surface area contributed by atoms with Crippen LogP contribution in [0.5, 0.6) is 0 Å². The molecule has 2 rings (SSSR count). The molecule has 0 spiro atoms. The Morgan fingerprint density at radius 3 is 2.50 bits per heavy atom. The van der Waals surface area contributed by atoms with E-state index in [1.807, 2.05) is 0 Å². The molecule has 110 valence electrons. The molecule has 1 aromatic heterocycles. The van der Waals surface area contributed by atoms with Gasteiger partial charge in [-0.05, 0) is 31.4 Å². The number of pyridine rings is 1. The Hall–Kier alpha value is -0.940. The van der Waals surface area contributed by atoms with Gasteiger partial charge in [0.25, 0.3) is 5.92 Å². The molecule has 0 bridgehead atoms. The number of carbonyl (C=O) groups is 1. The van der Waals surface area contributed by atoms with E-state index in [4.69, 9.17) is 23.2 Å². The number of alkyl halides is 2. The van der Waals surface area contributed by atoms with Crippen LogP contribution >= 0.6 is 23.2 Å². The van der Waals surface area contributed by atoms with Crippen molar-refractivity contribution >= 4 is 29.2 Å². The lowest BCUT2D eigenvalue weighted by atomic mass is 9.93. The molecule has 1 aliphatic rings. The van der Waals surface area contributed by atoms with Crippen molar-refractivity contribution in [1.29, 1.82) is 0 Å². The predicted octanol–water partition coefficient (Wildman–Crippen LogP) is 4.07. The highest BCUT2D eigenvalue weighted by Crippen LogP contribution is 2.47. The van der Waals surface area contributed by atoms with Crippen LogP contribution < -0.4 is 0 Å². The highest BCUT2D eigenvalue weighted by Gasteiger charge is 2.47. The van der Waals surface area contributed by atoms with Crippen molar-refractivity contribution in [2.45, 2.75) is 25.2 Å². The van der Waals surface area contributed by atoms with Crippen molar-refractivity contribution in [3.05, 3.63) is 28.0 Å². The maximum atomic E-state index is 14.5. The monoisotopic (exact) mass is 323 g/mol. The normalized spacial score (nSPS) is 22.9. The molecule has 0 aliphatic heterocycles. The topological polar surface area (TPSA) is 39.2 Å². The van der Waals surface area contributed by atoms with E-state index in [0.717, 1.165) is 12.1 Å². The van der Waals surface area contributed by atoms with Crippen LogP contribution in [0.2, 0.25) is 10.3 Å². The number of carbonyl (C=O) groups excluding carboxylic acids is 1. The largest absolute Gasteiger partial charge is 0.469 e. The highest BCUT2D eigenvalue weighted by atomic mass is 35.5. The van der Waals surface area contributed by atoms with E-state index in [1.165, 1.54) is 7.11 Å². The molecule has 1 fully saturated rings. The lowest BCUT2D eigenvalue weighted by molar-refractivity contribution is -0.145. The van der Waals surface area contributed by atoms with Gasteiger partial charge in [0.2, 0.25) is 0 Å². The first-order chi connectivity index (χ1) is 9.34. The van der Waals surface area contributed by atoms with E-state index in [9.17, 15) is 13.6 Å². The molecule has 20 heavy (non-hydrogen) atoms. The van der Waals surface area contributed by atoms with Crippen LogP contribution in [-0.4, -0.2) is 18.1 Å². The number of nitrogens with zero attached hydrogens (tertiary/aromatic N) is 1. The van der Waals surface area contributed by atoms with Crippen LogP contribution in [0.15, 0.2) is 12.1 Å². The molecule has 0 radical (unpaired) electrons. The van der Waals surface area contributed by atoms with Gasteiger partial charge in [-0.3, -0.25) is 4.79 Å². The summed E-state index contributed by atoms with van der Waals surface area (Å²) in [6.45, 7) is 0. The quantitative estimate of drug-likeness (QED) is 0.621. The first-order valence-electron chi connectivity index (χ1n) is 6.13. The van der Waals surface area contributed by atoms with Crippen molar-refractivity contribution in [2.24, 2.45) is 11.8 Å². The number of hydrogen-bond acceptors (Lipinski definition) is 3. The summed E-state index contributed by atoms with van der Waals surface area (Å²) in [5.74, 6) is -4.93. The second kappa shape index (κ2) is 5.82. The summed E-state index contributed by atoms with van der Waals surface area (Å²) in [5, 5.41) is -0.149. The third kappa shape index (κ3) is 3.04. The minimum Gasteiger partial charge on any atom is -0.469 e. The Labute approximate surface area is 125 Å². The maximum Gasteiger partial charge on any atom is 0.308 e. The molecule has 2 atom stereocenters. The predicted molar refractivity (Wildman–Crippen MR) is 71.0 cm³/mol. The highest BCUT2D eigenvalue weighted by molar-refractivity contribution is 6.32. The minimum absolute atomic E-state index is 0.0744. The van der Waals surface area contributed by atoms with E-state index in [-0.39, 0.29) is 28.7 Å². The van der Waals surface area contributed by atoms with Gasteiger partial charge in [0.1, 0.15) is 10.3 Å². The van der Waals surface area contributed by atoms with Gasteiger partial charge in [-0.2, -0.15) is 0 Å². The van der Waals surface area contributed by atoms with Gasteiger partial charge in [-0.1, -0.05) is 23.2 Å². The number of hydrogen-bond donors (Lipinski definition) is 0. The van der Waals surface area contributed by atoms with Gasteiger partial charge < -0.3 is 4.74 Å². The molecule has 2 unspecified atom stereocenters. The molecule has 1 saturated carbocycles. The summed E-state index contributed by atoms with van der Waals surface area (Å²) in [6.07, 6.45) is 0.751. The van der Waals surface area contributed by atoms with Crippen molar-refractivity contribution < 1.29 is 18.3 Å². The Morgan fingerprint density at radius 1 is 1.35 bits per heavy atom. The van der Waals surface area contributed by atoms with Crippen molar-refractivity contribution in [3.8, 4) is 0 Å². The van der Waals surface area contributed by atoms with Crippen LogP contribution in [-0.2, 0) is 15.5 Å². The molecule has 7 heteroatoms. The maximum absolute atomic E-state index is 14.5. The van der Waals surface area contributed by atoms with Crippen LogP contribution in [0, 0.1) is 11.8 Å². The van der Waals surface area contributed by atoms with Crippen LogP contribution in [0.1, 0.15) is 24.8 Å². The SMILES string of the molecule is COC(=O)C1CCC(C(F)(F)c2cc(Cl)nc(Cl)c2)C1. The zero-order chi connectivity index (χ0) is 14.9. The minimum atomic E-state index is -3.10. The standard InChI is InChI=1S/C13H13Cl2F2NO2/c1-20-12(19)7-2-3-8(4-7)13(16,17)9-5-10(14)18-11(15)6-9/h5-8H,2-4H2,1H3. The van der Waals surface area contributed by atoms with E-state index < -0.39 is 23.7 Å². The zero-order valence-corrected chi connectivity index (χ0v) is 12.2. The molecular formula is C13H13Cl2F2NO2. The molecule has 0 N–H and O–H groups in total. The Balaban J connectivity index is 2.20. The summed E-state index contributed by atoms with van der Waals surface area (Å²) in [7, 11) is 1.26. The first kappa shape index (κ1) is 15.4. The van der Waals surface area contributed by atoms with E-state index in [0.29, 0.717) is 6.42 Å². The van der Waals surface area contributed by atoms with Gasteiger partial charge in [0.05, 0.1) is 13.0 Å². The van der Waals surface area contributed by atoms with Crippen molar-refractivity contribution in [2.75, 3.05) is 7.11 Å². The molecule has 0 saturated heterocycles. The van der Waals surface area contributed by atoms with Crippen molar-refractivity contribution in [3.63, 3.8) is 0 Å². The second-order valence-electron chi connectivity index (χ2n) is 4.85. The first-order valence-corrected chi connectivity index (χ1v) is 6.89. The fraction of sp³-hybridized carbons (Fsp3) is 0.538. The third-order valence-corrected chi connectivity index (χ3v) is 4.01. The van der Waals surface area contributed by atoms with Crippen molar-refractivity contribution in [1.82, 2.24) is 4.98 Å². The molecule has 1 heterocycles. The van der Waals surface area contributed by atoms with E-state index in [2.05, 4.69) is 9.72 Å². The summed E-state index contributed by atoms with van der Waals surface area (Å²) in [5.41, 5.74) is -0.266. The van der Waals surface area contributed by atoms with Crippen LogP contribution in [0.25, 0.3) is 0 Å². The summed E-state index contributed by atoms with van der Waals surface area (Å²) in [6, 6.07) is 2.22. The summed E-state index contributed by atoms with van der Waals surface area (Å²) < 4.78 is 33.5. The smallest absolute Gasteiger partial charge is 0.308 e. The Kier molecular flexibility index (Phi) is 4.49. The number of rotatable bonds is 3. The van der Waals surface area contributed by atoms with Gasteiger partial charge >= 0.3 is 5.97 Å². The Morgan fingerprint density at radius 2 is 1.95 bits per heavy atom. The fourth-order valence-corrected chi connectivity index (χ4v) is 3.05. The molecular weight excluding hydrogens is 311 g/mol. The van der Waals surface area contributed by atoms with Crippen LogP contribution in [0.3, 0.4) is 0 Å². The van der Waals surface area contributed by atoms with Gasteiger partial charge in [0.15, 0.2) is 0 Å². The zero-order valence-electron chi connectivity index (χ0n) is 10.7. The summed E-state index contributed by atoms with van der Waals surface area (Å²) in [4.78, 5) is 15.1. The molecule has 0 aromatic carbocycles. The number of methoxy groups -OCH3 is 1. The van der Waals surface area contributed by atoms with Gasteiger partial charge in [-0.15, -0.1) is 0 Å². The van der Waals surface area contributed by atoms with Gasteiger partial charge in [0, 0.05) is 11.5 Å². The van der Waals surface area contributed by atoms with E-state index >= 15 is 0 Å².